The number of carbonyl (C=O) groups excluding carboxylic acids is 1. The Morgan fingerprint density at radius 3 is 2.48 bits per heavy atom. The third-order valence-corrected chi connectivity index (χ3v) is 4.01. The van der Waals surface area contributed by atoms with Crippen molar-refractivity contribution in [3.05, 3.63) is 28.8 Å². The van der Waals surface area contributed by atoms with Gasteiger partial charge in [-0.05, 0) is 42.5 Å². The van der Waals surface area contributed by atoms with Crippen LogP contribution in [0.25, 0.3) is 0 Å². The van der Waals surface area contributed by atoms with Gasteiger partial charge in [0, 0.05) is 26.2 Å². The van der Waals surface area contributed by atoms with Crippen LogP contribution in [0.3, 0.4) is 0 Å². The lowest BCUT2D eigenvalue weighted by atomic mass is 9.95. The number of hydrogen-bond acceptors (Lipinski definition) is 3. The van der Waals surface area contributed by atoms with Gasteiger partial charge in [0.2, 0.25) is 6.41 Å². The van der Waals surface area contributed by atoms with Gasteiger partial charge in [0.1, 0.15) is 6.07 Å². The summed E-state index contributed by atoms with van der Waals surface area (Å²) in [6, 6.07) is 6.48. The lowest BCUT2D eigenvalue weighted by Gasteiger charge is -2.35. The molecule has 4 heteroatoms. The number of nitriles is 1. The average molecular weight is 285 g/mol. The molecule has 1 saturated heterocycles. The number of carbonyl (C=O) groups is 1. The lowest BCUT2D eigenvalue weighted by molar-refractivity contribution is -0.118. The fourth-order valence-electron chi connectivity index (χ4n) is 2.82. The minimum atomic E-state index is 0.594. The first-order valence-electron chi connectivity index (χ1n) is 7.53. The third-order valence-electron chi connectivity index (χ3n) is 4.01. The SMILES string of the molecule is Cc1cc(C#N)c(N2CCN(C=O)CC2)cc1CC(C)C. The van der Waals surface area contributed by atoms with E-state index in [0.717, 1.165) is 50.3 Å². The molecule has 1 aliphatic heterocycles. The Balaban J connectivity index is 2.29. The van der Waals surface area contributed by atoms with Crippen molar-refractivity contribution >= 4 is 12.1 Å². The van der Waals surface area contributed by atoms with E-state index >= 15 is 0 Å². The molecule has 4 nitrogen and oxygen atoms in total. The first-order valence-corrected chi connectivity index (χ1v) is 7.53. The molecule has 0 aromatic heterocycles. The van der Waals surface area contributed by atoms with Crippen molar-refractivity contribution in [2.24, 2.45) is 5.92 Å². The Morgan fingerprint density at radius 1 is 1.29 bits per heavy atom. The molecule has 1 aromatic rings. The minimum absolute atomic E-state index is 0.594. The zero-order valence-corrected chi connectivity index (χ0v) is 13.1. The van der Waals surface area contributed by atoms with Crippen LogP contribution in [-0.4, -0.2) is 37.5 Å². The molecule has 112 valence electrons. The Hall–Kier alpha value is -2.02. The third kappa shape index (κ3) is 3.55. The molecule has 0 spiro atoms. The second-order valence-electron chi connectivity index (χ2n) is 6.13. The first kappa shape index (κ1) is 15.4. The van der Waals surface area contributed by atoms with E-state index < -0.39 is 0 Å². The van der Waals surface area contributed by atoms with Crippen LogP contribution < -0.4 is 4.90 Å². The zero-order valence-electron chi connectivity index (χ0n) is 13.1. The molecule has 0 atom stereocenters. The number of anilines is 1. The summed E-state index contributed by atoms with van der Waals surface area (Å²) in [5, 5.41) is 9.40. The van der Waals surface area contributed by atoms with E-state index in [2.05, 4.69) is 37.8 Å². The summed E-state index contributed by atoms with van der Waals surface area (Å²) >= 11 is 0. The Bertz CT molecular complexity index is 552. The topological polar surface area (TPSA) is 47.3 Å². The number of aryl methyl sites for hydroxylation is 1. The van der Waals surface area contributed by atoms with Crippen LogP contribution in [0.4, 0.5) is 5.69 Å². The van der Waals surface area contributed by atoms with Crippen molar-refractivity contribution in [1.82, 2.24) is 4.90 Å². The summed E-state index contributed by atoms with van der Waals surface area (Å²) in [4.78, 5) is 14.8. The minimum Gasteiger partial charge on any atom is -0.367 e. The zero-order chi connectivity index (χ0) is 15.4. The van der Waals surface area contributed by atoms with Crippen molar-refractivity contribution < 1.29 is 4.79 Å². The molecule has 21 heavy (non-hydrogen) atoms. The largest absolute Gasteiger partial charge is 0.367 e. The molecular formula is C17H23N3O. The van der Waals surface area contributed by atoms with Crippen LogP contribution in [0.5, 0.6) is 0 Å². The highest BCUT2D eigenvalue weighted by Gasteiger charge is 2.19. The molecule has 1 heterocycles. The molecule has 0 aliphatic carbocycles. The number of benzene rings is 1. The van der Waals surface area contributed by atoms with Gasteiger partial charge in [0.25, 0.3) is 0 Å². The maximum atomic E-state index is 10.8. The van der Waals surface area contributed by atoms with E-state index in [0.29, 0.717) is 5.92 Å². The van der Waals surface area contributed by atoms with E-state index in [9.17, 15) is 10.1 Å². The molecule has 2 rings (SSSR count). The highest BCUT2D eigenvalue weighted by molar-refractivity contribution is 5.63. The van der Waals surface area contributed by atoms with Crippen LogP contribution in [0.2, 0.25) is 0 Å². The van der Waals surface area contributed by atoms with Crippen LogP contribution in [0.1, 0.15) is 30.5 Å². The Labute approximate surface area is 127 Å². The summed E-state index contributed by atoms with van der Waals surface area (Å²) in [5.41, 5.74) is 4.26. The Kier molecular flexibility index (Phi) is 4.85. The predicted molar refractivity (Wildman–Crippen MR) is 84.3 cm³/mol. The Morgan fingerprint density at radius 2 is 1.95 bits per heavy atom. The molecule has 1 amide bonds. The molecule has 0 N–H and O–H groups in total. The van der Waals surface area contributed by atoms with Gasteiger partial charge in [-0.2, -0.15) is 5.26 Å². The average Bonchev–Trinajstić information content (AvgIpc) is 2.48. The van der Waals surface area contributed by atoms with Crippen LogP contribution >= 0.6 is 0 Å². The van der Waals surface area contributed by atoms with Gasteiger partial charge in [-0.25, -0.2) is 0 Å². The van der Waals surface area contributed by atoms with Crippen LogP contribution in [0.15, 0.2) is 12.1 Å². The number of piperazine rings is 1. The predicted octanol–water partition coefficient (Wildman–Crippen LogP) is 2.34. The van der Waals surface area contributed by atoms with E-state index in [-0.39, 0.29) is 0 Å². The van der Waals surface area contributed by atoms with Crippen molar-refractivity contribution in [1.29, 1.82) is 5.26 Å². The highest BCUT2D eigenvalue weighted by Crippen LogP contribution is 2.27. The normalized spacial score (nSPS) is 15.2. The number of hydrogen-bond donors (Lipinski definition) is 0. The van der Waals surface area contributed by atoms with Crippen LogP contribution in [0, 0.1) is 24.2 Å². The highest BCUT2D eigenvalue weighted by atomic mass is 16.1. The fourth-order valence-corrected chi connectivity index (χ4v) is 2.82. The summed E-state index contributed by atoms with van der Waals surface area (Å²) in [6.45, 7) is 9.52. The fraction of sp³-hybridized carbons (Fsp3) is 0.529. The van der Waals surface area contributed by atoms with Crippen LogP contribution in [-0.2, 0) is 11.2 Å². The second-order valence-corrected chi connectivity index (χ2v) is 6.13. The second kappa shape index (κ2) is 6.62. The smallest absolute Gasteiger partial charge is 0.209 e. The van der Waals surface area contributed by atoms with Crippen molar-refractivity contribution in [2.45, 2.75) is 27.2 Å². The number of rotatable bonds is 4. The van der Waals surface area contributed by atoms with E-state index in [1.54, 1.807) is 4.90 Å². The maximum absolute atomic E-state index is 10.8. The standard InChI is InChI=1S/C17H23N3O/c1-13(2)8-15-10-17(16(11-18)9-14(15)3)20-6-4-19(12-21)5-7-20/h9-10,12-13H,4-8H2,1-3H3. The van der Waals surface area contributed by atoms with Gasteiger partial charge in [0.15, 0.2) is 0 Å². The van der Waals surface area contributed by atoms with Crippen molar-refractivity contribution in [3.8, 4) is 6.07 Å². The first-order chi connectivity index (χ1) is 10.0. The van der Waals surface area contributed by atoms with Gasteiger partial charge in [0.05, 0.1) is 11.3 Å². The quantitative estimate of drug-likeness (QED) is 0.798. The summed E-state index contributed by atoms with van der Waals surface area (Å²) in [6.07, 6.45) is 1.93. The van der Waals surface area contributed by atoms with E-state index in [4.69, 9.17) is 0 Å². The van der Waals surface area contributed by atoms with Gasteiger partial charge < -0.3 is 9.80 Å². The van der Waals surface area contributed by atoms with Crippen molar-refractivity contribution in [2.75, 3.05) is 31.1 Å². The molecular weight excluding hydrogens is 262 g/mol. The molecule has 1 aromatic carbocycles. The molecule has 0 saturated carbocycles. The van der Waals surface area contributed by atoms with Gasteiger partial charge >= 0.3 is 0 Å². The molecule has 0 bridgehead atoms. The molecule has 1 aliphatic rings. The number of amides is 1. The lowest BCUT2D eigenvalue weighted by Crippen LogP contribution is -2.46. The van der Waals surface area contributed by atoms with Gasteiger partial charge in [-0.1, -0.05) is 13.8 Å². The summed E-state index contributed by atoms with van der Waals surface area (Å²) in [5.74, 6) is 0.594. The maximum Gasteiger partial charge on any atom is 0.209 e. The molecule has 0 radical (unpaired) electrons. The summed E-state index contributed by atoms with van der Waals surface area (Å²) in [7, 11) is 0. The summed E-state index contributed by atoms with van der Waals surface area (Å²) < 4.78 is 0. The van der Waals surface area contributed by atoms with Gasteiger partial charge in [-0.3, -0.25) is 4.79 Å². The molecule has 1 fully saturated rings. The van der Waals surface area contributed by atoms with Crippen molar-refractivity contribution in [3.63, 3.8) is 0 Å². The monoisotopic (exact) mass is 285 g/mol. The van der Waals surface area contributed by atoms with E-state index in [1.807, 2.05) is 6.07 Å². The van der Waals surface area contributed by atoms with E-state index in [1.165, 1.54) is 11.1 Å². The molecule has 0 unspecified atom stereocenters. The number of nitrogens with zero attached hydrogens (tertiary/aromatic N) is 3. The van der Waals surface area contributed by atoms with Gasteiger partial charge in [-0.15, -0.1) is 0 Å².